The molecule has 1 aromatic heterocycles. The summed E-state index contributed by atoms with van der Waals surface area (Å²) in [5.41, 5.74) is 6.25. The molecule has 2 unspecified atom stereocenters. The van der Waals surface area contributed by atoms with E-state index in [2.05, 4.69) is 20.0 Å². The molecule has 0 aliphatic heterocycles. The fraction of sp³-hybridized carbons (Fsp3) is 0.583. The van der Waals surface area contributed by atoms with Gasteiger partial charge in [-0.3, -0.25) is 4.98 Å². The third-order valence-electron chi connectivity index (χ3n) is 3.18. The average Bonchev–Trinajstić information content (AvgIpc) is 2.41. The molecule has 0 aromatic carbocycles. The van der Waals surface area contributed by atoms with Gasteiger partial charge in [-0.1, -0.05) is 12.8 Å². The maximum atomic E-state index is 11.3. The van der Waals surface area contributed by atoms with Gasteiger partial charge in [-0.05, 0) is 12.8 Å². The quantitative estimate of drug-likeness (QED) is 0.776. The number of nitrogens with one attached hydrogen (secondary N) is 1. The molecule has 1 heterocycles. The van der Waals surface area contributed by atoms with Crippen molar-refractivity contribution < 1.29 is 9.53 Å². The van der Waals surface area contributed by atoms with Gasteiger partial charge in [0.05, 0.1) is 19.5 Å². The van der Waals surface area contributed by atoms with Crippen LogP contribution in [0.2, 0.25) is 0 Å². The van der Waals surface area contributed by atoms with Crippen LogP contribution < -0.4 is 11.1 Å². The molecule has 2 rings (SSSR count). The molecule has 0 spiro atoms. The van der Waals surface area contributed by atoms with Gasteiger partial charge in [0.1, 0.15) is 5.82 Å². The van der Waals surface area contributed by atoms with E-state index in [0.717, 1.165) is 19.3 Å². The standard InChI is InChI=1S/C12H18N4O2/c1-18-12(17)10-6-14-7-11(16-10)15-9-5-3-2-4-8(9)13/h6-9H,2-5,13H2,1H3,(H,15,16). The first-order chi connectivity index (χ1) is 8.70. The van der Waals surface area contributed by atoms with Crippen molar-refractivity contribution in [3.63, 3.8) is 0 Å². The Morgan fingerprint density at radius 3 is 2.94 bits per heavy atom. The predicted octanol–water partition coefficient (Wildman–Crippen LogP) is 0.945. The van der Waals surface area contributed by atoms with Crippen molar-refractivity contribution in [2.24, 2.45) is 5.73 Å². The molecule has 0 saturated heterocycles. The number of carbonyl (C=O) groups excluding carboxylic acids is 1. The molecule has 98 valence electrons. The van der Waals surface area contributed by atoms with E-state index in [4.69, 9.17) is 5.73 Å². The van der Waals surface area contributed by atoms with Crippen LogP contribution in [0.5, 0.6) is 0 Å². The Balaban J connectivity index is 2.06. The van der Waals surface area contributed by atoms with Crippen LogP contribution in [-0.4, -0.2) is 35.1 Å². The van der Waals surface area contributed by atoms with Crippen molar-refractivity contribution in [3.8, 4) is 0 Å². The minimum Gasteiger partial charge on any atom is -0.464 e. The highest BCUT2D eigenvalue weighted by Gasteiger charge is 2.22. The fourth-order valence-electron chi connectivity index (χ4n) is 2.17. The summed E-state index contributed by atoms with van der Waals surface area (Å²) < 4.78 is 4.61. The first-order valence-corrected chi connectivity index (χ1v) is 6.13. The van der Waals surface area contributed by atoms with E-state index >= 15 is 0 Å². The lowest BCUT2D eigenvalue weighted by Crippen LogP contribution is -2.42. The topological polar surface area (TPSA) is 90.1 Å². The molecule has 1 aliphatic carbocycles. The molecule has 0 radical (unpaired) electrons. The van der Waals surface area contributed by atoms with Gasteiger partial charge in [0.15, 0.2) is 5.69 Å². The number of anilines is 1. The second kappa shape index (κ2) is 5.77. The number of esters is 1. The minimum absolute atomic E-state index is 0.127. The molecule has 1 aliphatic rings. The zero-order valence-electron chi connectivity index (χ0n) is 10.4. The van der Waals surface area contributed by atoms with Crippen molar-refractivity contribution in [2.45, 2.75) is 37.8 Å². The summed E-state index contributed by atoms with van der Waals surface area (Å²) in [5, 5.41) is 3.24. The lowest BCUT2D eigenvalue weighted by molar-refractivity contribution is 0.0593. The molecule has 18 heavy (non-hydrogen) atoms. The molecule has 0 bridgehead atoms. The van der Waals surface area contributed by atoms with E-state index < -0.39 is 5.97 Å². The zero-order chi connectivity index (χ0) is 13.0. The van der Waals surface area contributed by atoms with E-state index in [0.29, 0.717) is 5.82 Å². The Morgan fingerprint density at radius 1 is 1.44 bits per heavy atom. The Bertz CT molecular complexity index is 424. The minimum atomic E-state index is -0.487. The number of hydrogen-bond acceptors (Lipinski definition) is 6. The second-order valence-electron chi connectivity index (χ2n) is 4.48. The van der Waals surface area contributed by atoms with Crippen molar-refractivity contribution >= 4 is 11.8 Å². The van der Waals surface area contributed by atoms with E-state index in [1.54, 1.807) is 6.20 Å². The van der Waals surface area contributed by atoms with Crippen LogP contribution in [0.4, 0.5) is 5.82 Å². The predicted molar refractivity (Wildman–Crippen MR) is 67.2 cm³/mol. The molecule has 1 saturated carbocycles. The largest absolute Gasteiger partial charge is 0.464 e. The lowest BCUT2D eigenvalue weighted by Gasteiger charge is -2.29. The van der Waals surface area contributed by atoms with Gasteiger partial charge < -0.3 is 15.8 Å². The van der Waals surface area contributed by atoms with Crippen molar-refractivity contribution in [1.29, 1.82) is 0 Å². The molecule has 2 atom stereocenters. The lowest BCUT2D eigenvalue weighted by atomic mass is 9.91. The summed E-state index contributed by atoms with van der Waals surface area (Å²) in [6.07, 6.45) is 7.35. The van der Waals surface area contributed by atoms with E-state index in [-0.39, 0.29) is 17.8 Å². The van der Waals surface area contributed by atoms with Crippen molar-refractivity contribution in [3.05, 3.63) is 18.1 Å². The summed E-state index contributed by atoms with van der Waals surface area (Å²) >= 11 is 0. The molecule has 6 nitrogen and oxygen atoms in total. The Kier molecular flexibility index (Phi) is 4.09. The van der Waals surface area contributed by atoms with E-state index in [1.165, 1.54) is 19.7 Å². The monoisotopic (exact) mass is 250 g/mol. The second-order valence-corrected chi connectivity index (χ2v) is 4.48. The summed E-state index contributed by atoms with van der Waals surface area (Å²) in [5.74, 6) is 0.0827. The maximum Gasteiger partial charge on any atom is 0.358 e. The Labute approximate surface area is 106 Å². The van der Waals surface area contributed by atoms with Gasteiger partial charge in [0.25, 0.3) is 0 Å². The number of hydrogen-bond donors (Lipinski definition) is 2. The number of aromatic nitrogens is 2. The zero-order valence-corrected chi connectivity index (χ0v) is 10.4. The third kappa shape index (κ3) is 2.95. The number of ether oxygens (including phenoxy) is 1. The fourth-order valence-corrected chi connectivity index (χ4v) is 2.17. The third-order valence-corrected chi connectivity index (χ3v) is 3.18. The number of nitrogens with two attached hydrogens (primary N) is 1. The van der Waals surface area contributed by atoms with Gasteiger partial charge in [-0.15, -0.1) is 0 Å². The van der Waals surface area contributed by atoms with Crippen LogP contribution in [-0.2, 0) is 4.74 Å². The number of methoxy groups -OCH3 is 1. The van der Waals surface area contributed by atoms with Crippen molar-refractivity contribution in [1.82, 2.24) is 9.97 Å². The number of rotatable bonds is 3. The highest BCUT2D eigenvalue weighted by atomic mass is 16.5. The van der Waals surface area contributed by atoms with Crippen LogP contribution in [0.15, 0.2) is 12.4 Å². The van der Waals surface area contributed by atoms with Crippen LogP contribution in [0.1, 0.15) is 36.2 Å². The number of carbonyl (C=O) groups is 1. The molecule has 0 amide bonds. The van der Waals surface area contributed by atoms with E-state index in [9.17, 15) is 4.79 Å². The van der Waals surface area contributed by atoms with Gasteiger partial charge in [-0.2, -0.15) is 0 Å². The first kappa shape index (κ1) is 12.8. The molecular weight excluding hydrogens is 232 g/mol. The Hall–Kier alpha value is -1.69. The summed E-state index contributed by atoms with van der Waals surface area (Å²) in [4.78, 5) is 19.5. The maximum absolute atomic E-state index is 11.3. The molecule has 3 N–H and O–H groups in total. The van der Waals surface area contributed by atoms with Crippen LogP contribution in [0.25, 0.3) is 0 Å². The van der Waals surface area contributed by atoms with Crippen molar-refractivity contribution in [2.75, 3.05) is 12.4 Å². The molecular formula is C12H18N4O2. The SMILES string of the molecule is COC(=O)c1cncc(NC2CCCCC2N)n1. The van der Waals surface area contributed by atoms with Gasteiger partial charge >= 0.3 is 5.97 Å². The average molecular weight is 250 g/mol. The van der Waals surface area contributed by atoms with Crippen LogP contribution >= 0.6 is 0 Å². The van der Waals surface area contributed by atoms with Gasteiger partial charge in [0.2, 0.25) is 0 Å². The summed E-state index contributed by atoms with van der Waals surface area (Å²) in [7, 11) is 1.32. The summed E-state index contributed by atoms with van der Waals surface area (Å²) in [6.45, 7) is 0. The van der Waals surface area contributed by atoms with Gasteiger partial charge in [-0.25, -0.2) is 9.78 Å². The van der Waals surface area contributed by atoms with Gasteiger partial charge in [0, 0.05) is 12.1 Å². The van der Waals surface area contributed by atoms with Crippen LogP contribution in [0, 0.1) is 0 Å². The molecule has 1 fully saturated rings. The first-order valence-electron chi connectivity index (χ1n) is 6.13. The van der Waals surface area contributed by atoms with Crippen LogP contribution in [0.3, 0.4) is 0 Å². The number of nitrogens with zero attached hydrogens (tertiary/aromatic N) is 2. The smallest absolute Gasteiger partial charge is 0.358 e. The highest BCUT2D eigenvalue weighted by Crippen LogP contribution is 2.20. The Morgan fingerprint density at radius 2 is 2.22 bits per heavy atom. The molecule has 1 aromatic rings. The highest BCUT2D eigenvalue weighted by molar-refractivity contribution is 5.87. The molecule has 6 heteroatoms. The summed E-state index contributed by atoms with van der Waals surface area (Å²) in [6, 6.07) is 0.322. The van der Waals surface area contributed by atoms with E-state index in [1.807, 2.05) is 0 Å². The normalized spacial score (nSPS) is 23.4.